The van der Waals surface area contributed by atoms with Crippen LogP contribution in [0.3, 0.4) is 0 Å². The molecule has 1 amide bonds. The molecule has 1 aliphatic rings. The molecule has 0 aromatic heterocycles. The largest absolute Gasteiger partial charge is 0.369 e. The van der Waals surface area contributed by atoms with E-state index in [1.807, 2.05) is 13.8 Å². The Bertz CT molecular complexity index is 573. The van der Waals surface area contributed by atoms with Gasteiger partial charge in [0.15, 0.2) is 5.96 Å². The Balaban J connectivity index is 1.80. The van der Waals surface area contributed by atoms with E-state index in [4.69, 9.17) is 0 Å². The quantitative estimate of drug-likeness (QED) is 0.524. The first-order valence-corrected chi connectivity index (χ1v) is 9.04. The van der Waals surface area contributed by atoms with Gasteiger partial charge in [-0.15, -0.1) is 0 Å². The summed E-state index contributed by atoms with van der Waals surface area (Å²) in [6.07, 6.45) is 1.04. The van der Waals surface area contributed by atoms with Crippen LogP contribution in [0.25, 0.3) is 0 Å². The fraction of sp³-hybridized carbons (Fsp3) is 0.529. The third-order valence-corrected chi connectivity index (χ3v) is 4.34. The summed E-state index contributed by atoms with van der Waals surface area (Å²) < 4.78 is 1.09. The summed E-state index contributed by atoms with van der Waals surface area (Å²) in [7, 11) is 1.72. The lowest BCUT2D eigenvalue weighted by Crippen LogP contribution is -2.48. The number of hydrogen-bond acceptors (Lipinski definition) is 3. The van der Waals surface area contributed by atoms with E-state index >= 15 is 0 Å². The molecule has 3 N–H and O–H groups in total. The maximum atomic E-state index is 11.7. The van der Waals surface area contributed by atoms with Crippen molar-refractivity contribution in [3.63, 3.8) is 0 Å². The number of guanidine groups is 1. The first-order valence-electron chi connectivity index (χ1n) is 8.25. The standard InChI is InChI=1S/C17H26BrN5O/c1-12(2)21-16(24)10-20-17(19-3)22-14-8-9-23(11-14)15-6-4-13(18)5-7-15/h4-7,12,14H,8-11H2,1-3H3,(H,21,24)(H2,19,20,22). The van der Waals surface area contributed by atoms with E-state index in [0.29, 0.717) is 12.0 Å². The molecule has 1 saturated heterocycles. The third-order valence-electron chi connectivity index (χ3n) is 3.81. The Morgan fingerprint density at radius 2 is 2.08 bits per heavy atom. The zero-order valence-corrected chi connectivity index (χ0v) is 16.1. The van der Waals surface area contributed by atoms with Gasteiger partial charge < -0.3 is 20.9 Å². The van der Waals surface area contributed by atoms with Crippen LogP contribution in [0.4, 0.5) is 5.69 Å². The SMILES string of the molecule is CN=C(NCC(=O)NC(C)C)NC1CCN(c2ccc(Br)cc2)C1. The normalized spacial score (nSPS) is 18.0. The van der Waals surface area contributed by atoms with Crippen molar-refractivity contribution in [3.05, 3.63) is 28.7 Å². The molecule has 2 rings (SSSR count). The van der Waals surface area contributed by atoms with Crippen LogP contribution in [-0.2, 0) is 4.79 Å². The maximum absolute atomic E-state index is 11.7. The number of anilines is 1. The molecule has 7 heteroatoms. The van der Waals surface area contributed by atoms with Gasteiger partial charge in [0.1, 0.15) is 0 Å². The smallest absolute Gasteiger partial charge is 0.239 e. The molecule has 1 aliphatic heterocycles. The molecule has 1 aromatic rings. The number of benzene rings is 1. The molecule has 0 bridgehead atoms. The van der Waals surface area contributed by atoms with Gasteiger partial charge in [-0.1, -0.05) is 15.9 Å². The molecule has 0 radical (unpaired) electrons. The van der Waals surface area contributed by atoms with Gasteiger partial charge in [0.05, 0.1) is 6.54 Å². The highest BCUT2D eigenvalue weighted by Crippen LogP contribution is 2.22. The lowest BCUT2D eigenvalue weighted by Gasteiger charge is -2.20. The van der Waals surface area contributed by atoms with E-state index in [1.54, 1.807) is 7.05 Å². The van der Waals surface area contributed by atoms with Crippen LogP contribution in [0.2, 0.25) is 0 Å². The number of hydrogen-bond donors (Lipinski definition) is 3. The second kappa shape index (κ2) is 8.92. The summed E-state index contributed by atoms with van der Waals surface area (Å²) in [6.45, 7) is 6.03. The van der Waals surface area contributed by atoms with Crippen molar-refractivity contribution in [2.24, 2.45) is 4.99 Å². The van der Waals surface area contributed by atoms with Gasteiger partial charge in [-0.05, 0) is 44.5 Å². The van der Waals surface area contributed by atoms with Crippen LogP contribution < -0.4 is 20.9 Å². The first kappa shape index (κ1) is 18.6. The van der Waals surface area contributed by atoms with Crippen LogP contribution in [-0.4, -0.2) is 50.6 Å². The summed E-state index contributed by atoms with van der Waals surface area (Å²) in [6, 6.07) is 8.82. The van der Waals surface area contributed by atoms with Crippen molar-refractivity contribution in [2.75, 3.05) is 31.6 Å². The molecule has 1 aromatic carbocycles. The Labute approximate surface area is 152 Å². The summed E-state index contributed by atoms with van der Waals surface area (Å²) in [5.74, 6) is 0.632. The summed E-state index contributed by atoms with van der Waals surface area (Å²) in [5, 5.41) is 9.31. The molecule has 0 spiro atoms. The summed E-state index contributed by atoms with van der Waals surface area (Å²) in [4.78, 5) is 18.3. The lowest BCUT2D eigenvalue weighted by atomic mass is 10.3. The molecule has 1 heterocycles. The van der Waals surface area contributed by atoms with Crippen molar-refractivity contribution in [3.8, 4) is 0 Å². The molecule has 1 atom stereocenters. The van der Waals surface area contributed by atoms with Crippen molar-refractivity contribution >= 4 is 33.5 Å². The topological polar surface area (TPSA) is 68.8 Å². The monoisotopic (exact) mass is 395 g/mol. The highest BCUT2D eigenvalue weighted by Gasteiger charge is 2.23. The Kier molecular flexibility index (Phi) is 6.90. The van der Waals surface area contributed by atoms with Crippen molar-refractivity contribution in [1.82, 2.24) is 16.0 Å². The molecule has 0 saturated carbocycles. The lowest BCUT2D eigenvalue weighted by molar-refractivity contribution is -0.120. The molecule has 1 unspecified atom stereocenters. The molecular weight excluding hydrogens is 370 g/mol. The number of nitrogens with one attached hydrogen (secondary N) is 3. The highest BCUT2D eigenvalue weighted by atomic mass is 79.9. The average molecular weight is 396 g/mol. The van der Waals surface area contributed by atoms with Crippen LogP contribution in [0.1, 0.15) is 20.3 Å². The highest BCUT2D eigenvalue weighted by molar-refractivity contribution is 9.10. The first-order chi connectivity index (χ1) is 11.5. The van der Waals surface area contributed by atoms with Gasteiger partial charge in [-0.2, -0.15) is 0 Å². The number of nitrogens with zero attached hydrogens (tertiary/aromatic N) is 2. The number of aliphatic imine (C=N–C) groups is 1. The van der Waals surface area contributed by atoms with Crippen LogP contribution in [0.15, 0.2) is 33.7 Å². The fourth-order valence-electron chi connectivity index (χ4n) is 2.69. The Morgan fingerprint density at radius 3 is 2.71 bits per heavy atom. The van der Waals surface area contributed by atoms with Crippen molar-refractivity contribution in [2.45, 2.75) is 32.4 Å². The van der Waals surface area contributed by atoms with E-state index in [-0.39, 0.29) is 18.5 Å². The number of carbonyl (C=O) groups is 1. The van der Waals surface area contributed by atoms with Crippen LogP contribution in [0, 0.1) is 0 Å². The van der Waals surface area contributed by atoms with Gasteiger partial charge in [0, 0.05) is 42.4 Å². The maximum Gasteiger partial charge on any atom is 0.239 e. The molecule has 6 nitrogen and oxygen atoms in total. The minimum atomic E-state index is -0.0316. The van der Waals surface area contributed by atoms with E-state index in [0.717, 1.165) is 24.0 Å². The predicted octanol–water partition coefficient (Wildman–Crippen LogP) is 1.72. The van der Waals surface area contributed by atoms with Gasteiger partial charge in [-0.3, -0.25) is 9.79 Å². The number of halogens is 1. The van der Waals surface area contributed by atoms with Gasteiger partial charge in [0.25, 0.3) is 0 Å². The number of amides is 1. The minimum absolute atomic E-state index is 0.0316. The summed E-state index contributed by atoms with van der Waals surface area (Å²) in [5.41, 5.74) is 1.22. The zero-order chi connectivity index (χ0) is 17.5. The van der Waals surface area contributed by atoms with Crippen LogP contribution in [0.5, 0.6) is 0 Å². The third kappa shape index (κ3) is 5.70. The molecule has 1 fully saturated rings. The predicted molar refractivity (Wildman–Crippen MR) is 103 cm³/mol. The molecule has 132 valence electrons. The Morgan fingerprint density at radius 1 is 1.38 bits per heavy atom. The van der Waals surface area contributed by atoms with E-state index in [2.05, 4.69) is 66.0 Å². The molecule has 24 heavy (non-hydrogen) atoms. The van der Waals surface area contributed by atoms with Gasteiger partial charge in [-0.25, -0.2) is 0 Å². The van der Waals surface area contributed by atoms with Crippen molar-refractivity contribution in [1.29, 1.82) is 0 Å². The minimum Gasteiger partial charge on any atom is -0.369 e. The van der Waals surface area contributed by atoms with E-state index in [9.17, 15) is 4.79 Å². The average Bonchev–Trinajstić information content (AvgIpc) is 3.00. The van der Waals surface area contributed by atoms with Crippen molar-refractivity contribution < 1.29 is 4.79 Å². The Hall–Kier alpha value is -1.76. The summed E-state index contributed by atoms with van der Waals surface area (Å²) >= 11 is 3.46. The second-order valence-electron chi connectivity index (χ2n) is 6.20. The van der Waals surface area contributed by atoms with Gasteiger partial charge in [0.2, 0.25) is 5.91 Å². The number of rotatable bonds is 5. The van der Waals surface area contributed by atoms with Gasteiger partial charge >= 0.3 is 0 Å². The van der Waals surface area contributed by atoms with E-state index < -0.39 is 0 Å². The van der Waals surface area contributed by atoms with Crippen LogP contribution >= 0.6 is 15.9 Å². The second-order valence-corrected chi connectivity index (χ2v) is 7.12. The molecular formula is C17H26BrN5O. The fourth-order valence-corrected chi connectivity index (χ4v) is 2.95. The molecule has 0 aliphatic carbocycles. The van der Waals surface area contributed by atoms with E-state index in [1.165, 1.54) is 5.69 Å². The number of carbonyl (C=O) groups excluding carboxylic acids is 1. The zero-order valence-electron chi connectivity index (χ0n) is 14.5.